The van der Waals surface area contributed by atoms with Crippen LogP contribution in [0.4, 0.5) is 28.0 Å². The van der Waals surface area contributed by atoms with Crippen molar-refractivity contribution in [3.8, 4) is 11.6 Å². The fourth-order valence-electron chi connectivity index (χ4n) is 3.16. The van der Waals surface area contributed by atoms with Crippen LogP contribution in [0.1, 0.15) is 11.3 Å². The van der Waals surface area contributed by atoms with Crippen molar-refractivity contribution in [2.24, 2.45) is 0 Å². The summed E-state index contributed by atoms with van der Waals surface area (Å²) in [7, 11) is 1.54. The zero-order chi connectivity index (χ0) is 23.6. The molecule has 0 spiro atoms. The average Bonchev–Trinajstić information content (AvgIpc) is 3.18. The highest BCUT2D eigenvalue weighted by atomic mass is 19.4. The number of rotatable bonds is 5. The minimum absolute atomic E-state index is 0.294. The Kier molecular flexibility index (Phi) is 5.97. The molecule has 11 heteroatoms. The van der Waals surface area contributed by atoms with Crippen LogP contribution in [0.2, 0.25) is 0 Å². The van der Waals surface area contributed by atoms with Crippen LogP contribution in [-0.2, 0) is 17.5 Å². The number of halogens is 4. The van der Waals surface area contributed by atoms with Crippen molar-refractivity contribution in [3.63, 3.8) is 0 Å². The highest BCUT2D eigenvalue weighted by Crippen LogP contribution is 2.34. The molecule has 0 atom stereocenters. The Labute approximate surface area is 184 Å². The van der Waals surface area contributed by atoms with Crippen molar-refractivity contribution in [2.45, 2.75) is 12.8 Å². The van der Waals surface area contributed by atoms with E-state index in [4.69, 9.17) is 9.47 Å². The number of carbonyl (C=O) groups excluding carboxylic acids is 1. The number of ether oxygens (including phenoxy) is 2. The van der Waals surface area contributed by atoms with Crippen LogP contribution in [0.25, 0.3) is 10.9 Å². The minimum atomic E-state index is -4.88. The number of nitrogens with one attached hydrogen (secondary N) is 1. The molecule has 0 radical (unpaired) electrons. The summed E-state index contributed by atoms with van der Waals surface area (Å²) in [6.07, 6.45) is -2.12. The summed E-state index contributed by atoms with van der Waals surface area (Å²) < 4.78 is 64.9. The van der Waals surface area contributed by atoms with Gasteiger partial charge in [0.25, 0.3) is 0 Å². The maximum Gasteiger partial charge on any atom is 0.419 e. The van der Waals surface area contributed by atoms with Gasteiger partial charge in [0.05, 0.1) is 29.1 Å². The third-order valence-electron chi connectivity index (χ3n) is 4.64. The molecule has 0 aliphatic heterocycles. The van der Waals surface area contributed by atoms with E-state index in [-0.39, 0.29) is 0 Å². The second-order valence-electron chi connectivity index (χ2n) is 6.88. The van der Waals surface area contributed by atoms with Crippen molar-refractivity contribution < 1.29 is 31.8 Å². The monoisotopic (exact) mass is 460 g/mol. The van der Waals surface area contributed by atoms with E-state index in [1.807, 2.05) is 0 Å². The number of hydrogen-bond acceptors (Lipinski definition) is 5. The highest BCUT2D eigenvalue weighted by Gasteiger charge is 2.35. The van der Waals surface area contributed by atoms with Gasteiger partial charge in [0, 0.05) is 24.8 Å². The van der Waals surface area contributed by atoms with Crippen LogP contribution >= 0.6 is 0 Å². The molecular weight excluding hydrogens is 444 g/mol. The summed E-state index contributed by atoms with van der Waals surface area (Å²) in [6, 6.07) is 9.92. The number of carbonyl (C=O) groups is 1. The van der Waals surface area contributed by atoms with Crippen LogP contribution in [0.3, 0.4) is 0 Å². The fraction of sp³-hybridized carbons (Fsp3) is 0.136. The SMILES string of the molecule is COCc1cc(Oc2ccc3c(ccn3C(=O)Nc3cccc(C(F)(F)F)c3F)c2)ncn1. The van der Waals surface area contributed by atoms with Gasteiger partial charge < -0.3 is 14.8 Å². The van der Waals surface area contributed by atoms with Crippen LogP contribution in [0.5, 0.6) is 11.6 Å². The Balaban J connectivity index is 1.55. The standard InChI is InChI=1S/C22H16F4N4O3/c1-32-11-14-10-19(28-12-27-14)33-15-5-6-18-13(9-15)7-8-30(18)21(31)29-17-4-2-3-16(20(17)23)22(24,25)26/h2-10,12H,11H2,1H3,(H,29,31). The van der Waals surface area contributed by atoms with Gasteiger partial charge in [-0.05, 0) is 36.4 Å². The molecule has 0 aliphatic rings. The number of aromatic nitrogens is 3. The third kappa shape index (κ3) is 4.77. The first kappa shape index (κ1) is 22.2. The largest absolute Gasteiger partial charge is 0.439 e. The van der Waals surface area contributed by atoms with E-state index in [2.05, 4.69) is 15.3 Å². The van der Waals surface area contributed by atoms with Gasteiger partial charge in [-0.25, -0.2) is 19.2 Å². The number of anilines is 1. The number of amides is 1. The average molecular weight is 460 g/mol. The number of benzene rings is 2. The van der Waals surface area contributed by atoms with Crippen molar-refractivity contribution in [1.82, 2.24) is 14.5 Å². The van der Waals surface area contributed by atoms with Crippen molar-refractivity contribution in [2.75, 3.05) is 12.4 Å². The van der Waals surface area contributed by atoms with E-state index in [9.17, 15) is 22.4 Å². The smallest absolute Gasteiger partial charge is 0.419 e. The molecular formula is C22H16F4N4O3. The van der Waals surface area contributed by atoms with Crippen molar-refractivity contribution in [3.05, 3.63) is 78.1 Å². The van der Waals surface area contributed by atoms with Gasteiger partial charge in [0.15, 0.2) is 5.82 Å². The van der Waals surface area contributed by atoms with E-state index >= 15 is 0 Å². The number of nitrogens with zero attached hydrogens (tertiary/aromatic N) is 3. The van der Waals surface area contributed by atoms with E-state index in [0.29, 0.717) is 40.9 Å². The first-order chi connectivity index (χ1) is 15.8. The summed E-state index contributed by atoms with van der Waals surface area (Å²) in [5, 5.41) is 2.79. The zero-order valence-electron chi connectivity index (χ0n) is 17.1. The fourth-order valence-corrected chi connectivity index (χ4v) is 3.16. The topological polar surface area (TPSA) is 78.3 Å². The molecule has 1 amide bonds. The minimum Gasteiger partial charge on any atom is -0.439 e. The van der Waals surface area contributed by atoms with Crippen molar-refractivity contribution >= 4 is 22.6 Å². The third-order valence-corrected chi connectivity index (χ3v) is 4.64. The summed E-state index contributed by atoms with van der Waals surface area (Å²) in [6.45, 7) is 0.294. The predicted octanol–water partition coefficient (Wildman–Crippen LogP) is 5.61. The summed E-state index contributed by atoms with van der Waals surface area (Å²) >= 11 is 0. The molecule has 0 fully saturated rings. The van der Waals surface area contributed by atoms with Gasteiger partial charge in [0.1, 0.15) is 12.1 Å². The quantitative estimate of drug-likeness (QED) is 0.392. The Morgan fingerprint density at radius 2 is 1.94 bits per heavy atom. The second-order valence-corrected chi connectivity index (χ2v) is 6.88. The van der Waals surface area contributed by atoms with E-state index < -0.39 is 29.3 Å². The molecule has 4 aromatic rings. The molecule has 4 rings (SSSR count). The van der Waals surface area contributed by atoms with Crippen LogP contribution < -0.4 is 10.1 Å². The number of alkyl halides is 3. The molecule has 1 N–H and O–H groups in total. The Bertz CT molecular complexity index is 1320. The van der Waals surface area contributed by atoms with Crippen LogP contribution in [0, 0.1) is 5.82 Å². The zero-order valence-corrected chi connectivity index (χ0v) is 17.1. The molecule has 7 nitrogen and oxygen atoms in total. The van der Waals surface area contributed by atoms with E-state index in [0.717, 1.165) is 16.7 Å². The first-order valence-corrected chi connectivity index (χ1v) is 9.52. The lowest BCUT2D eigenvalue weighted by Crippen LogP contribution is -2.20. The molecule has 0 bridgehead atoms. The molecule has 2 heterocycles. The lowest BCUT2D eigenvalue weighted by Gasteiger charge is -2.13. The van der Waals surface area contributed by atoms with Gasteiger partial charge in [-0.3, -0.25) is 4.57 Å². The summed E-state index contributed by atoms with van der Waals surface area (Å²) in [5.74, 6) is -0.816. The maximum absolute atomic E-state index is 14.2. The number of hydrogen-bond donors (Lipinski definition) is 1. The molecule has 0 aliphatic carbocycles. The summed E-state index contributed by atoms with van der Waals surface area (Å²) in [4.78, 5) is 20.7. The van der Waals surface area contributed by atoms with Gasteiger partial charge in [-0.1, -0.05) is 6.07 Å². The Hall–Kier alpha value is -3.99. The van der Waals surface area contributed by atoms with E-state index in [1.165, 1.54) is 12.5 Å². The van der Waals surface area contributed by atoms with E-state index in [1.54, 1.807) is 37.4 Å². The first-order valence-electron chi connectivity index (χ1n) is 9.52. The van der Waals surface area contributed by atoms with Gasteiger partial charge in [0.2, 0.25) is 5.88 Å². The molecule has 0 saturated carbocycles. The maximum atomic E-state index is 14.2. The van der Waals surface area contributed by atoms with Crippen LogP contribution in [0.15, 0.2) is 61.1 Å². The Morgan fingerprint density at radius 1 is 1.12 bits per heavy atom. The second kappa shape index (κ2) is 8.87. The lowest BCUT2D eigenvalue weighted by molar-refractivity contribution is -0.139. The number of fused-ring (bicyclic) bond motifs is 1. The lowest BCUT2D eigenvalue weighted by atomic mass is 10.2. The predicted molar refractivity (Wildman–Crippen MR) is 111 cm³/mol. The Morgan fingerprint density at radius 3 is 2.70 bits per heavy atom. The van der Waals surface area contributed by atoms with Crippen molar-refractivity contribution in [1.29, 1.82) is 0 Å². The molecule has 33 heavy (non-hydrogen) atoms. The normalized spacial score (nSPS) is 11.5. The molecule has 2 aromatic carbocycles. The molecule has 0 unspecified atom stereocenters. The van der Waals surface area contributed by atoms with Gasteiger partial charge >= 0.3 is 12.2 Å². The molecule has 2 aromatic heterocycles. The molecule has 0 saturated heterocycles. The molecule has 170 valence electrons. The summed E-state index contributed by atoms with van der Waals surface area (Å²) in [5.41, 5.74) is -0.965. The highest BCUT2D eigenvalue weighted by molar-refractivity contribution is 5.98. The van der Waals surface area contributed by atoms with Crippen LogP contribution in [-0.4, -0.2) is 27.7 Å². The number of methoxy groups -OCH3 is 1. The van der Waals surface area contributed by atoms with Gasteiger partial charge in [-0.15, -0.1) is 0 Å². The van der Waals surface area contributed by atoms with Gasteiger partial charge in [-0.2, -0.15) is 13.2 Å².